The Hall–Kier alpha value is -0.220. The number of amides is 1. The molecule has 110 valence electrons. The smallest absolute Gasteiger partial charge is 0.237 e. The summed E-state index contributed by atoms with van der Waals surface area (Å²) in [5, 5.41) is 7.35. The van der Waals surface area contributed by atoms with Crippen LogP contribution in [0, 0.1) is 5.41 Å². The van der Waals surface area contributed by atoms with Crippen molar-refractivity contribution >= 4 is 17.7 Å². The lowest BCUT2D eigenvalue weighted by molar-refractivity contribution is -0.127. The highest BCUT2D eigenvalue weighted by Gasteiger charge is 2.39. The first-order valence-electron chi connectivity index (χ1n) is 7.70. The van der Waals surface area contributed by atoms with E-state index in [1.54, 1.807) is 0 Å². The highest BCUT2D eigenvalue weighted by Crippen LogP contribution is 2.32. The highest BCUT2D eigenvalue weighted by molar-refractivity contribution is 7.99. The lowest BCUT2D eigenvalue weighted by atomic mass is 9.77. The standard InChI is InChI=1S/C15H28N2OS/c1-4-19-12-8-5-7-11(12)17-14(18)13-15(2,3)9-6-10-16-13/h11-13,16H,4-10H2,1-3H3,(H,17,18). The van der Waals surface area contributed by atoms with Gasteiger partial charge in [0.05, 0.1) is 6.04 Å². The predicted molar refractivity (Wildman–Crippen MR) is 82.5 cm³/mol. The van der Waals surface area contributed by atoms with Crippen molar-refractivity contribution in [3.8, 4) is 0 Å². The summed E-state index contributed by atoms with van der Waals surface area (Å²) in [5.41, 5.74) is 0.0777. The second kappa shape index (κ2) is 6.49. The fourth-order valence-corrected chi connectivity index (χ4v) is 4.63. The second-order valence-electron chi connectivity index (χ2n) is 6.52. The van der Waals surface area contributed by atoms with Gasteiger partial charge in [-0.25, -0.2) is 0 Å². The van der Waals surface area contributed by atoms with Crippen molar-refractivity contribution in [3.63, 3.8) is 0 Å². The van der Waals surface area contributed by atoms with Crippen LogP contribution in [0.5, 0.6) is 0 Å². The van der Waals surface area contributed by atoms with Gasteiger partial charge in [0.25, 0.3) is 0 Å². The first-order valence-corrected chi connectivity index (χ1v) is 8.75. The van der Waals surface area contributed by atoms with E-state index in [1.165, 1.54) is 19.3 Å². The van der Waals surface area contributed by atoms with E-state index in [0.717, 1.165) is 25.1 Å². The van der Waals surface area contributed by atoms with Gasteiger partial charge in [-0.3, -0.25) is 4.79 Å². The van der Waals surface area contributed by atoms with Gasteiger partial charge in [-0.05, 0) is 43.4 Å². The van der Waals surface area contributed by atoms with Gasteiger partial charge < -0.3 is 10.6 Å². The van der Waals surface area contributed by atoms with E-state index in [4.69, 9.17) is 0 Å². The molecule has 2 aliphatic rings. The van der Waals surface area contributed by atoms with E-state index in [0.29, 0.717) is 11.3 Å². The van der Waals surface area contributed by atoms with Gasteiger partial charge in [0.1, 0.15) is 0 Å². The highest BCUT2D eigenvalue weighted by atomic mass is 32.2. The summed E-state index contributed by atoms with van der Waals surface area (Å²) in [5.74, 6) is 1.36. The number of carbonyl (C=O) groups excluding carboxylic acids is 1. The number of hydrogen-bond acceptors (Lipinski definition) is 3. The van der Waals surface area contributed by atoms with Crippen molar-refractivity contribution < 1.29 is 4.79 Å². The van der Waals surface area contributed by atoms with Gasteiger partial charge in [0.2, 0.25) is 5.91 Å². The summed E-state index contributed by atoms with van der Waals surface area (Å²) < 4.78 is 0. The summed E-state index contributed by atoms with van der Waals surface area (Å²) in [6.07, 6.45) is 5.97. The largest absolute Gasteiger partial charge is 0.351 e. The van der Waals surface area contributed by atoms with Crippen LogP contribution in [0.2, 0.25) is 0 Å². The number of nitrogens with one attached hydrogen (secondary N) is 2. The molecule has 1 amide bonds. The van der Waals surface area contributed by atoms with Crippen LogP contribution in [0.1, 0.15) is 52.9 Å². The molecule has 0 aromatic rings. The molecular formula is C15H28N2OS. The molecule has 0 aromatic carbocycles. The van der Waals surface area contributed by atoms with E-state index in [-0.39, 0.29) is 17.4 Å². The fourth-order valence-electron chi connectivity index (χ4n) is 3.43. The van der Waals surface area contributed by atoms with Crippen LogP contribution >= 0.6 is 11.8 Å². The van der Waals surface area contributed by atoms with Crippen LogP contribution < -0.4 is 10.6 Å². The monoisotopic (exact) mass is 284 g/mol. The van der Waals surface area contributed by atoms with Gasteiger partial charge in [-0.2, -0.15) is 11.8 Å². The van der Waals surface area contributed by atoms with E-state index in [1.807, 2.05) is 11.8 Å². The molecule has 4 heteroatoms. The number of rotatable bonds is 4. The first kappa shape index (κ1) is 15.2. The second-order valence-corrected chi connectivity index (χ2v) is 8.04. The Morgan fingerprint density at radius 2 is 2.16 bits per heavy atom. The normalized spacial score (nSPS) is 34.2. The molecule has 0 bridgehead atoms. The maximum atomic E-state index is 12.5. The molecule has 19 heavy (non-hydrogen) atoms. The summed E-state index contributed by atoms with van der Waals surface area (Å²) in [6, 6.07) is 0.367. The number of thioether (sulfide) groups is 1. The Balaban J connectivity index is 1.92. The average Bonchev–Trinajstić information content (AvgIpc) is 2.76. The maximum Gasteiger partial charge on any atom is 0.237 e. The molecule has 2 N–H and O–H groups in total. The van der Waals surface area contributed by atoms with Crippen molar-refractivity contribution in [2.24, 2.45) is 5.41 Å². The minimum atomic E-state index is -0.0193. The van der Waals surface area contributed by atoms with Gasteiger partial charge in [0.15, 0.2) is 0 Å². The molecule has 0 radical (unpaired) electrons. The van der Waals surface area contributed by atoms with Crippen molar-refractivity contribution in [2.45, 2.75) is 70.2 Å². The zero-order chi connectivity index (χ0) is 13.9. The quantitative estimate of drug-likeness (QED) is 0.833. The Morgan fingerprint density at radius 3 is 2.84 bits per heavy atom. The van der Waals surface area contributed by atoms with Crippen molar-refractivity contribution in [1.29, 1.82) is 0 Å². The zero-order valence-electron chi connectivity index (χ0n) is 12.5. The minimum Gasteiger partial charge on any atom is -0.351 e. The van der Waals surface area contributed by atoms with Gasteiger partial charge in [0, 0.05) is 11.3 Å². The van der Waals surface area contributed by atoms with Crippen LogP contribution in [-0.2, 0) is 4.79 Å². The van der Waals surface area contributed by atoms with Crippen molar-refractivity contribution in [3.05, 3.63) is 0 Å². The number of hydrogen-bond donors (Lipinski definition) is 2. The zero-order valence-corrected chi connectivity index (χ0v) is 13.3. The van der Waals surface area contributed by atoms with Gasteiger partial charge in [-0.15, -0.1) is 0 Å². The molecular weight excluding hydrogens is 256 g/mol. The molecule has 1 aliphatic carbocycles. The molecule has 2 rings (SSSR count). The van der Waals surface area contributed by atoms with Crippen molar-refractivity contribution in [1.82, 2.24) is 10.6 Å². The fraction of sp³-hybridized carbons (Fsp3) is 0.933. The first-order chi connectivity index (χ1) is 9.04. The van der Waals surface area contributed by atoms with E-state index >= 15 is 0 Å². The van der Waals surface area contributed by atoms with Crippen LogP contribution in [0.4, 0.5) is 0 Å². The molecule has 1 saturated carbocycles. The van der Waals surface area contributed by atoms with Gasteiger partial charge in [-0.1, -0.05) is 27.2 Å². The molecule has 1 saturated heterocycles. The number of piperidine rings is 1. The third-order valence-corrected chi connectivity index (χ3v) is 5.88. The molecule has 1 heterocycles. The van der Waals surface area contributed by atoms with Crippen LogP contribution in [-0.4, -0.2) is 35.5 Å². The summed E-state index contributed by atoms with van der Waals surface area (Å²) in [6.45, 7) is 7.58. The third-order valence-electron chi connectivity index (χ3n) is 4.55. The van der Waals surface area contributed by atoms with Gasteiger partial charge >= 0.3 is 0 Å². The molecule has 1 aliphatic heterocycles. The minimum absolute atomic E-state index is 0.0193. The van der Waals surface area contributed by atoms with E-state index in [9.17, 15) is 4.79 Å². The summed E-state index contributed by atoms with van der Waals surface area (Å²) in [7, 11) is 0. The molecule has 3 unspecified atom stereocenters. The third kappa shape index (κ3) is 3.66. The van der Waals surface area contributed by atoms with Crippen LogP contribution in [0.25, 0.3) is 0 Å². The molecule has 2 fully saturated rings. The summed E-state index contributed by atoms with van der Waals surface area (Å²) >= 11 is 2.00. The number of carbonyl (C=O) groups is 1. The Bertz CT molecular complexity index is 319. The lowest BCUT2D eigenvalue weighted by Gasteiger charge is -2.39. The van der Waals surface area contributed by atoms with E-state index < -0.39 is 0 Å². The van der Waals surface area contributed by atoms with Crippen LogP contribution in [0.3, 0.4) is 0 Å². The molecule has 0 aromatic heterocycles. The van der Waals surface area contributed by atoms with Crippen LogP contribution in [0.15, 0.2) is 0 Å². The Labute approximate surface area is 121 Å². The lowest BCUT2D eigenvalue weighted by Crippen LogP contribution is -2.57. The molecule has 0 spiro atoms. The van der Waals surface area contributed by atoms with E-state index in [2.05, 4.69) is 31.4 Å². The Morgan fingerprint density at radius 1 is 1.37 bits per heavy atom. The van der Waals surface area contributed by atoms with Crippen molar-refractivity contribution in [2.75, 3.05) is 12.3 Å². The maximum absolute atomic E-state index is 12.5. The SMILES string of the molecule is CCSC1CCCC1NC(=O)C1NCCCC1(C)C. The molecule has 3 atom stereocenters. The summed E-state index contributed by atoms with van der Waals surface area (Å²) in [4.78, 5) is 12.5. The predicted octanol–water partition coefficient (Wildman–Crippen LogP) is 2.55. The average molecular weight is 284 g/mol. The molecule has 3 nitrogen and oxygen atoms in total. The topological polar surface area (TPSA) is 41.1 Å². The Kier molecular flexibility index (Phi) is 5.18.